The van der Waals surface area contributed by atoms with Crippen LogP contribution < -0.4 is 4.90 Å². The van der Waals surface area contributed by atoms with Crippen LogP contribution in [0.3, 0.4) is 0 Å². The summed E-state index contributed by atoms with van der Waals surface area (Å²) in [7, 11) is 0. The highest BCUT2D eigenvalue weighted by molar-refractivity contribution is 14.1. The maximum Gasteiger partial charge on any atom is 0.414 e. The SMILES string of the molecule is O=C1OCCCN1c1cc(I)ccc1Br. The van der Waals surface area contributed by atoms with E-state index in [0.29, 0.717) is 6.61 Å². The number of amides is 1. The molecule has 15 heavy (non-hydrogen) atoms. The van der Waals surface area contributed by atoms with Crippen molar-refractivity contribution >= 4 is 50.3 Å². The number of nitrogens with zero attached hydrogens (tertiary/aromatic N) is 1. The normalized spacial score (nSPS) is 16.4. The van der Waals surface area contributed by atoms with E-state index in [4.69, 9.17) is 4.74 Å². The van der Waals surface area contributed by atoms with Crippen LogP contribution >= 0.6 is 38.5 Å². The van der Waals surface area contributed by atoms with Gasteiger partial charge in [0.1, 0.15) is 0 Å². The molecule has 1 aliphatic heterocycles. The molecule has 0 bridgehead atoms. The molecule has 1 saturated heterocycles. The molecule has 1 fully saturated rings. The van der Waals surface area contributed by atoms with Gasteiger partial charge in [-0.1, -0.05) is 0 Å². The van der Waals surface area contributed by atoms with Gasteiger partial charge < -0.3 is 4.74 Å². The van der Waals surface area contributed by atoms with Gasteiger partial charge in [-0.25, -0.2) is 4.79 Å². The van der Waals surface area contributed by atoms with Crippen molar-refractivity contribution in [2.24, 2.45) is 0 Å². The first-order valence-electron chi connectivity index (χ1n) is 4.58. The molecule has 0 N–H and O–H groups in total. The molecular formula is C10H9BrINO2. The lowest BCUT2D eigenvalue weighted by atomic mass is 10.2. The van der Waals surface area contributed by atoms with Crippen molar-refractivity contribution in [2.45, 2.75) is 6.42 Å². The molecule has 0 atom stereocenters. The average Bonchev–Trinajstić information content (AvgIpc) is 2.23. The predicted molar refractivity (Wildman–Crippen MR) is 70.2 cm³/mol. The minimum atomic E-state index is -0.260. The maximum absolute atomic E-state index is 11.5. The van der Waals surface area contributed by atoms with Crippen LogP contribution in [0.4, 0.5) is 10.5 Å². The molecule has 3 nitrogen and oxygen atoms in total. The number of carbonyl (C=O) groups excluding carboxylic acids is 1. The Kier molecular flexibility index (Phi) is 3.50. The highest BCUT2D eigenvalue weighted by Crippen LogP contribution is 2.29. The van der Waals surface area contributed by atoms with Crippen molar-refractivity contribution in [1.82, 2.24) is 0 Å². The van der Waals surface area contributed by atoms with Gasteiger partial charge in [-0.3, -0.25) is 4.90 Å². The number of rotatable bonds is 1. The first-order valence-corrected chi connectivity index (χ1v) is 6.45. The summed E-state index contributed by atoms with van der Waals surface area (Å²) in [6, 6.07) is 5.90. The Balaban J connectivity index is 2.34. The van der Waals surface area contributed by atoms with Crippen LogP contribution in [0.5, 0.6) is 0 Å². The monoisotopic (exact) mass is 381 g/mol. The first kappa shape index (κ1) is 11.2. The Labute approximate surface area is 110 Å². The molecule has 1 heterocycles. The Morgan fingerprint density at radius 1 is 1.47 bits per heavy atom. The predicted octanol–water partition coefficient (Wildman–Crippen LogP) is 3.40. The van der Waals surface area contributed by atoms with Gasteiger partial charge in [-0.2, -0.15) is 0 Å². The summed E-state index contributed by atoms with van der Waals surface area (Å²) in [4.78, 5) is 13.2. The smallest absolute Gasteiger partial charge is 0.414 e. The summed E-state index contributed by atoms with van der Waals surface area (Å²) in [6.07, 6.45) is 0.618. The zero-order valence-corrected chi connectivity index (χ0v) is 11.6. The molecule has 1 aromatic rings. The Morgan fingerprint density at radius 2 is 2.27 bits per heavy atom. The fourth-order valence-corrected chi connectivity index (χ4v) is 2.40. The van der Waals surface area contributed by atoms with E-state index in [9.17, 15) is 4.79 Å². The van der Waals surface area contributed by atoms with Gasteiger partial charge >= 0.3 is 6.09 Å². The quantitative estimate of drug-likeness (QED) is 0.698. The van der Waals surface area contributed by atoms with E-state index < -0.39 is 0 Å². The van der Waals surface area contributed by atoms with Gasteiger partial charge in [0.2, 0.25) is 0 Å². The van der Waals surface area contributed by atoms with Crippen LogP contribution in [0.1, 0.15) is 6.42 Å². The summed E-state index contributed by atoms with van der Waals surface area (Å²) in [5.74, 6) is 0. The molecule has 0 aromatic heterocycles. The highest BCUT2D eigenvalue weighted by Gasteiger charge is 2.22. The number of cyclic esters (lactones) is 1. The number of hydrogen-bond donors (Lipinski definition) is 0. The maximum atomic E-state index is 11.5. The van der Waals surface area contributed by atoms with Crippen molar-refractivity contribution in [2.75, 3.05) is 18.1 Å². The minimum Gasteiger partial charge on any atom is -0.449 e. The summed E-state index contributed by atoms with van der Waals surface area (Å²) in [5.41, 5.74) is 0.881. The van der Waals surface area contributed by atoms with Gasteiger partial charge in [-0.05, 0) is 63.1 Å². The fourth-order valence-electron chi connectivity index (χ4n) is 1.46. The van der Waals surface area contributed by atoms with Crippen LogP contribution in [0.2, 0.25) is 0 Å². The van der Waals surface area contributed by atoms with E-state index in [1.807, 2.05) is 18.2 Å². The van der Waals surface area contributed by atoms with Crippen LogP contribution in [0, 0.1) is 3.57 Å². The van der Waals surface area contributed by atoms with E-state index in [-0.39, 0.29) is 6.09 Å². The van der Waals surface area contributed by atoms with Crippen molar-refractivity contribution in [3.8, 4) is 0 Å². The van der Waals surface area contributed by atoms with Gasteiger partial charge in [-0.15, -0.1) is 0 Å². The third kappa shape index (κ3) is 2.44. The van der Waals surface area contributed by atoms with Crippen molar-refractivity contribution < 1.29 is 9.53 Å². The zero-order valence-electron chi connectivity index (χ0n) is 7.87. The van der Waals surface area contributed by atoms with Crippen LogP contribution in [0.25, 0.3) is 0 Å². The lowest BCUT2D eigenvalue weighted by Gasteiger charge is -2.27. The molecule has 5 heteroatoms. The molecule has 1 aromatic carbocycles. The number of hydrogen-bond acceptors (Lipinski definition) is 2. The number of halogens is 2. The van der Waals surface area contributed by atoms with Gasteiger partial charge in [0.25, 0.3) is 0 Å². The molecule has 0 spiro atoms. The second-order valence-corrected chi connectivity index (χ2v) is 5.32. The Bertz CT molecular complexity index is 397. The molecule has 2 rings (SSSR count). The van der Waals surface area contributed by atoms with E-state index >= 15 is 0 Å². The fraction of sp³-hybridized carbons (Fsp3) is 0.300. The van der Waals surface area contributed by atoms with Crippen LogP contribution in [0.15, 0.2) is 22.7 Å². The third-order valence-corrected chi connectivity index (χ3v) is 3.51. The summed E-state index contributed by atoms with van der Waals surface area (Å²) < 4.78 is 7.02. The largest absolute Gasteiger partial charge is 0.449 e. The van der Waals surface area contributed by atoms with Crippen molar-refractivity contribution in [3.63, 3.8) is 0 Å². The number of benzene rings is 1. The standard InChI is InChI=1S/C10H9BrINO2/c11-8-3-2-7(12)6-9(8)13-4-1-5-15-10(13)14/h2-3,6H,1,4-5H2. The second kappa shape index (κ2) is 4.69. The lowest BCUT2D eigenvalue weighted by molar-refractivity contribution is 0.140. The molecule has 1 amide bonds. The number of carbonyl (C=O) groups is 1. The molecule has 80 valence electrons. The topological polar surface area (TPSA) is 29.5 Å². The Hall–Kier alpha value is -0.300. The lowest BCUT2D eigenvalue weighted by Crippen LogP contribution is -2.37. The van der Waals surface area contributed by atoms with Gasteiger partial charge in [0, 0.05) is 14.6 Å². The average molecular weight is 382 g/mol. The molecule has 0 saturated carbocycles. The van der Waals surface area contributed by atoms with Crippen molar-refractivity contribution in [1.29, 1.82) is 0 Å². The van der Waals surface area contributed by atoms with Crippen LogP contribution in [-0.4, -0.2) is 19.2 Å². The Morgan fingerprint density at radius 3 is 3.00 bits per heavy atom. The summed E-state index contributed by atoms with van der Waals surface area (Å²) in [5, 5.41) is 0. The first-order chi connectivity index (χ1) is 7.18. The molecule has 1 aliphatic rings. The van der Waals surface area contributed by atoms with Gasteiger partial charge in [0.05, 0.1) is 12.3 Å². The summed E-state index contributed by atoms with van der Waals surface area (Å²) in [6.45, 7) is 1.24. The molecule has 0 aliphatic carbocycles. The minimum absolute atomic E-state index is 0.260. The number of anilines is 1. The van der Waals surface area contributed by atoms with Crippen molar-refractivity contribution in [3.05, 3.63) is 26.2 Å². The van der Waals surface area contributed by atoms with E-state index in [0.717, 1.165) is 26.7 Å². The van der Waals surface area contributed by atoms with E-state index in [2.05, 4.69) is 38.5 Å². The molecule has 0 unspecified atom stereocenters. The van der Waals surface area contributed by atoms with Crippen LogP contribution in [-0.2, 0) is 4.74 Å². The summed E-state index contributed by atoms with van der Waals surface area (Å²) >= 11 is 5.67. The van der Waals surface area contributed by atoms with Gasteiger partial charge in [0.15, 0.2) is 0 Å². The second-order valence-electron chi connectivity index (χ2n) is 3.22. The van der Waals surface area contributed by atoms with E-state index in [1.165, 1.54) is 0 Å². The zero-order chi connectivity index (χ0) is 10.8. The highest BCUT2D eigenvalue weighted by atomic mass is 127. The number of ether oxygens (including phenoxy) is 1. The van der Waals surface area contributed by atoms with E-state index in [1.54, 1.807) is 4.90 Å². The molecule has 0 radical (unpaired) electrons. The molecular weight excluding hydrogens is 373 g/mol. The third-order valence-electron chi connectivity index (χ3n) is 2.17.